The van der Waals surface area contributed by atoms with E-state index in [9.17, 15) is 9.18 Å². The van der Waals surface area contributed by atoms with Crippen molar-refractivity contribution in [2.75, 3.05) is 32.3 Å². The predicted octanol–water partition coefficient (Wildman–Crippen LogP) is 3.28. The van der Waals surface area contributed by atoms with Gasteiger partial charge in [0.2, 0.25) is 11.5 Å². The molecule has 10 heteroatoms. The molecule has 0 N–H and O–H groups in total. The summed E-state index contributed by atoms with van der Waals surface area (Å²) in [5.41, 5.74) is -0.920. The molecule has 1 atom stereocenters. The Balaban J connectivity index is 2.05. The zero-order valence-corrected chi connectivity index (χ0v) is 18.1. The summed E-state index contributed by atoms with van der Waals surface area (Å²) in [7, 11) is 2.91. The maximum atomic E-state index is 14.0. The van der Waals surface area contributed by atoms with E-state index in [4.69, 9.17) is 25.8 Å². The Kier molecular flexibility index (Phi) is 6.72. The first-order valence-electron chi connectivity index (χ1n) is 9.49. The second-order valence-corrected chi connectivity index (χ2v) is 7.83. The number of hydrogen-bond donors (Lipinski definition) is 0. The first-order valence-corrected chi connectivity index (χ1v) is 9.87. The predicted molar refractivity (Wildman–Crippen MR) is 109 cm³/mol. The molecule has 0 spiro atoms. The number of nitrogens with zero attached hydrogens (tertiary/aromatic N) is 4. The van der Waals surface area contributed by atoms with Crippen LogP contribution >= 0.6 is 11.6 Å². The van der Waals surface area contributed by atoms with Gasteiger partial charge in [-0.1, -0.05) is 11.6 Å². The highest BCUT2D eigenvalue weighted by atomic mass is 35.5. The van der Waals surface area contributed by atoms with E-state index in [0.29, 0.717) is 18.1 Å². The van der Waals surface area contributed by atoms with Crippen LogP contribution in [0.2, 0.25) is 5.02 Å². The zero-order valence-electron chi connectivity index (χ0n) is 17.3. The summed E-state index contributed by atoms with van der Waals surface area (Å²) in [5.74, 6) is -0.603. The van der Waals surface area contributed by atoms with Gasteiger partial charge in [-0.25, -0.2) is 9.18 Å². The van der Waals surface area contributed by atoms with E-state index in [1.807, 2.05) is 4.90 Å². The lowest BCUT2D eigenvalue weighted by Gasteiger charge is -2.26. The van der Waals surface area contributed by atoms with E-state index in [-0.39, 0.29) is 22.9 Å². The Morgan fingerprint density at radius 3 is 2.73 bits per heavy atom. The van der Waals surface area contributed by atoms with Gasteiger partial charge in [-0.15, -0.1) is 0 Å². The molecule has 0 saturated carbocycles. The molecule has 162 valence electrons. The molecule has 1 aromatic heterocycles. The fourth-order valence-corrected chi connectivity index (χ4v) is 3.38. The lowest BCUT2D eigenvalue weighted by molar-refractivity contribution is -0.156. The third-order valence-corrected chi connectivity index (χ3v) is 5.10. The van der Waals surface area contributed by atoms with Crippen LogP contribution in [0.25, 0.3) is 11.4 Å². The molecule has 0 aliphatic carbocycles. The van der Waals surface area contributed by atoms with Gasteiger partial charge in [-0.3, -0.25) is 0 Å². The second-order valence-electron chi connectivity index (χ2n) is 7.42. The van der Waals surface area contributed by atoms with Crippen LogP contribution < -0.4 is 9.64 Å². The number of ether oxygens (including phenoxy) is 3. The average molecular weight is 439 g/mol. The largest absolute Gasteiger partial charge is 0.466 e. The van der Waals surface area contributed by atoms with Gasteiger partial charge in [-0.05, 0) is 44.9 Å². The summed E-state index contributed by atoms with van der Waals surface area (Å²) in [6, 6.07) is 4.31. The number of benzene rings is 1. The second kappa shape index (κ2) is 9.09. The molecule has 1 aromatic carbocycles. The van der Waals surface area contributed by atoms with Gasteiger partial charge >= 0.3 is 12.0 Å². The van der Waals surface area contributed by atoms with Crippen molar-refractivity contribution in [1.29, 1.82) is 0 Å². The van der Waals surface area contributed by atoms with Crippen molar-refractivity contribution in [2.24, 2.45) is 0 Å². The Morgan fingerprint density at radius 2 is 2.07 bits per heavy atom. The van der Waals surface area contributed by atoms with Crippen LogP contribution in [0.3, 0.4) is 0 Å². The molecule has 2 heterocycles. The SMILES string of the molecule is COC[C@@H]1CCCN1c1nc(OC(C)(C)C(=O)OC)nc(-c2ccc(Cl)c(F)c2)n1. The standard InChI is InChI=1S/C20H24ClFN4O4/c1-20(2,17(27)29-4)30-19-24-16(12-7-8-14(21)15(22)10-12)23-18(25-19)26-9-5-6-13(26)11-28-3/h7-8,10,13H,5-6,9,11H2,1-4H3/t13-/m0/s1. The van der Waals surface area contributed by atoms with Crippen LogP contribution in [-0.4, -0.2) is 59.9 Å². The molecule has 1 aliphatic heterocycles. The lowest BCUT2D eigenvalue weighted by Crippen LogP contribution is -2.40. The number of esters is 1. The lowest BCUT2D eigenvalue weighted by atomic mass is 10.1. The Bertz CT molecular complexity index is 928. The molecule has 1 saturated heterocycles. The molecule has 30 heavy (non-hydrogen) atoms. The van der Waals surface area contributed by atoms with Gasteiger partial charge in [-0.2, -0.15) is 15.0 Å². The van der Waals surface area contributed by atoms with Crippen molar-refractivity contribution >= 4 is 23.5 Å². The summed E-state index contributed by atoms with van der Waals surface area (Å²) >= 11 is 5.80. The van der Waals surface area contributed by atoms with E-state index < -0.39 is 17.4 Å². The van der Waals surface area contributed by atoms with Crippen molar-refractivity contribution in [2.45, 2.75) is 38.3 Å². The number of hydrogen-bond acceptors (Lipinski definition) is 8. The highest BCUT2D eigenvalue weighted by Crippen LogP contribution is 2.29. The fourth-order valence-electron chi connectivity index (χ4n) is 3.26. The molecule has 0 unspecified atom stereocenters. The number of methoxy groups -OCH3 is 2. The van der Waals surface area contributed by atoms with E-state index in [1.54, 1.807) is 27.0 Å². The summed E-state index contributed by atoms with van der Waals surface area (Å²) in [5, 5.41) is -0.00368. The van der Waals surface area contributed by atoms with Crippen molar-refractivity contribution < 1.29 is 23.4 Å². The zero-order chi connectivity index (χ0) is 21.9. The highest BCUT2D eigenvalue weighted by Gasteiger charge is 2.34. The first-order chi connectivity index (χ1) is 14.2. The van der Waals surface area contributed by atoms with Crippen LogP contribution in [0.15, 0.2) is 18.2 Å². The number of anilines is 1. The van der Waals surface area contributed by atoms with E-state index in [1.165, 1.54) is 19.2 Å². The van der Waals surface area contributed by atoms with E-state index in [2.05, 4.69) is 15.0 Å². The number of halogens is 2. The quantitative estimate of drug-likeness (QED) is 0.609. The van der Waals surface area contributed by atoms with Crippen LogP contribution in [0.4, 0.5) is 10.3 Å². The van der Waals surface area contributed by atoms with Crippen LogP contribution in [-0.2, 0) is 14.3 Å². The molecule has 3 rings (SSSR count). The van der Waals surface area contributed by atoms with Gasteiger partial charge in [0, 0.05) is 19.2 Å². The Hall–Kier alpha value is -2.52. The maximum absolute atomic E-state index is 14.0. The summed E-state index contributed by atoms with van der Waals surface area (Å²) in [4.78, 5) is 27.3. The van der Waals surface area contributed by atoms with E-state index in [0.717, 1.165) is 19.4 Å². The van der Waals surface area contributed by atoms with E-state index >= 15 is 0 Å². The van der Waals surface area contributed by atoms with Gasteiger partial charge in [0.1, 0.15) is 5.82 Å². The number of aromatic nitrogens is 3. The number of rotatable bonds is 7. The monoisotopic (exact) mass is 438 g/mol. The molecular formula is C20H24ClFN4O4. The molecular weight excluding hydrogens is 415 g/mol. The normalized spacial score (nSPS) is 16.6. The topological polar surface area (TPSA) is 86.7 Å². The van der Waals surface area contributed by atoms with Crippen LogP contribution in [0, 0.1) is 5.82 Å². The molecule has 0 amide bonds. The molecule has 1 aliphatic rings. The molecule has 8 nitrogen and oxygen atoms in total. The molecule has 2 aromatic rings. The van der Waals surface area contributed by atoms with Gasteiger partial charge in [0.25, 0.3) is 0 Å². The van der Waals surface area contributed by atoms with Crippen molar-refractivity contribution in [3.63, 3.8) is 0 Å². The molecule has 1 fully saturated rings. The van der Waals surface area contributed by atoms with Crippen LogP contribution in [0.1, 0.15) is 26.7 Å². The summed E-state index contributed by atoms with van der Waals surface area (Å²) < 4.78 is 29.9. The van der Waals surface area contributed by atoms with Gasteiger partial charge in [0.15, 0.2) is 5.82 Å². The third kappa shape index (κ3) is 4.79. The Labute approximate surface area is 179 Å². The number of carbonyl (C=O) groups is 1. The smallest absolute Gasteiger partial charge is 0.349 e. The fraction of sp³-hybridized carbons (Fsp3) is 0.500. The number of carbonyl (C=O) groups excluding carboxylic acids is 1. The highest BCUT2D eigenvalue weighted by molar-refractivity contribution is 6.30. The molecule has 0 bridgehead atoms. The summed E-state index contributed by atoms with van der Waals surface area (Å²) in [6.07, 6.45) is 1.88. The van der Waals surface area contributed by atoms with Gasteiger partial charge < -0.3 is 19.1 Å². The first kappa shape index (κ1) is 22.2. The summed E-state index contributed by atoms with van der Waals surface area (Å²) in [6.45, 7) is 4.34. The van der Waals surface area contributed by atoms with Crippen molar-refractivity contribution in [3.8, 4) is 17.4 Å². The maximum Gasteiger partial charge on any atom is 0.349 e. The third-order valence-electron chi connectivity index (χ3n) is 4.80. The minimum absolute atomic E-state index is 0.00368. The van der Waals surface area contributed by atoms with Crippen molar-refractivity contribution in [1.82, 2.24) is 15.0 Å². The average Bonchev–Trinajstić information content (AvgIpc) is 3.17. The minimum atomic E-state index is -1.33. The van der Waals surface area contributed by atoms with Gasteiger partial charge in [0.05, 0.1) is 24.8 Å². The minimum Gasteiger partial charge on any atom is -0.466 e. The van der Waals surface area contributed by atoms with Crippen molar-refractivity contribution in [3.05, 3.63) is 29.0 Å². The van der Waals surface area contributed by atoms with Crippen LogP contribution in [0.5, 0.6) is 6.01 Å². The Morgan fingerprint density at radius 1 is 1.30 bits per heavy atom. The molecule has 0 radical (unpaired) electrons.